The summed E-state index contributed by atoms with van der Waals surface area (Å²) < 4.78 is 32.1. The van der Waals surface area contributed by atoms with E-state index in [1.54, 1.807) is 41.0 Å². The maximum atomic E-state index is 12.4. The van der Waals surface area contributed by atoms with Gasteiger partial charge in [0, 0.05) is 25.8 Å². The van der Waals surface area contributed by atoms with Gasteiger partial charge in [-0.3, -0.25) is 14.9 Å². The summed E-state index contributed by atoms with van der Waals surface area (Å²) in [5, 5.41) is 11.0. The first kappa shape index (κ1) is 21.8. The van der Waals surface area contributed by atoms with Crippen LogP contribution in [0, 0.1) is 10.1 Å². The van der Waals surface area contributed by atoms with Crippen molar-refractivity contribution in [2.24, 2.45) is 4.99 Å². The summed E-state index contributed by atoms with van der Waals surface area (Å²) in [6.07, 6.45) is 0. The third kappa shape index (κ3) is 5.38. The minimum Gasteiger partial charge on any atom is -0.383 e. The van der Waals surface area contributed by atoms with Crippen molar-refractivity contribution in [2.45, 2.75) is 12.3 Å². The fraction of sp³-hybridized carbons (Fsp3) is 0.263. The highest BCUT2D eigenvalue weighted by Crippen LogP contribution is 2.23. The molecule has 3 aromatic rings. The van der Waals surface area contributed by atoms with Crippen LogP contribution in [0.15, 0.2) is 53.5 Å². The van der Waals surface area contributed by atoms with Crippen LogP contribution in [0.25, 0.3) is 10.2 Å². The summed E-state index contributed by atoms with van der Waals surface area (Å²) in [6, 6.07) is 12.9. The lowest BCUT2D eigenvalue weighted by Gasteiger charge is -2.04. The molecule has 0 spiro atoms. The van der Waals surface area contributed by atoms with Crippen molar-refractivity contribution < 1.29 is 22.9 Å². The van der Waals surface area contributed by atoms with E-state index in [-0.39, 0.29) is 16.2 Å². The average Bonchev–Trinajstić information content (AvgIpc) is 3.02. The number of thiazole rings is 1. The van der Waals surface area contributed by atoms with Crippen LogP contribution < -0.4 is 4.80 Å². The third-order valence-corrected chi connectivity index (χ3v) is 6.69. The molecule has 0 N–H and O–H groups in total. The zero-order chi connectivity index (χ0) is 21.7. The van der Waals surface area contributed by atoms with E-state index in [1.165, 1.54) is 19.2 Å². The van der Waals surface area contributed by atoms with Gasteiger partial charge in [0.25, 0.3) is 11.6 Å². The summed E-state index contributed by atoms with van der Waals surface area (Å²) in [4.78, 5) is 27.2. The molecule has 11 heteroatoms. The third-order valence-electron chi connectivity index (χ3n) is 4.19. The Morgan fingerprint density at radius 3 is 2.63 bits per heavy atom. The normalized spacial score (nSPS) is 12.4. The lowest BCUT2D eigenvalue weighted by Crippen LogP contribution is -2.22. The number of ether oxygens (including phenoxy) is 1. The molecule has 0 atom stereocenters. The van der Waals surface area contributed by atoms with Gasteiger partial charge < -0.3 is 9.30 Å². The molecule has 3 rings (SSSR count). The Kier molecular flexibility index (Phi) is 6.75. The molecule has 0 bridgehead atoms. The number of sulfone groups is 1. The topological polar surface area (TPSA) is 121 Å². The smallest absolute Gasteiger partial charge is 0.270 e. The molecule has 0 saturated heterocycles. The monoisotopic (exact) mass is 449 g/mol. The molecule has 0 aliphatic carbocycles. The first-order chi connectivity index (χ1) is 14.3. The number of carbonyl (C=O) groups is 1. The Labute approximate surface area is 176 Å². The number of aromatic nitrogens is 1. The van der Waals surface area contributed by atoms with Gasteiger partial charge in [-0.15, -0.1) is 0 Å². The van der Waals surface area contributed by atoms with Gasteiger partial charge in [0.15, 0.2) is 14.6 Å². The number of amides is 1. The van der Waals surface area contributed by atoms with E-state index < -0.39 is 26.4 Å². The highest BCUT2D eigenvalue weighted by Gasteiger charge is 2.18. The van der Waals surface area contributed by atoms with Crippen molar-refractivity contribution in [1.82, 2.24) is 4.57 Å². The van der Waals surface area contributed by atoms with Crippen LogP contribution in [0.3, 0.4) is 0 Å². The van der Waals surface area contributed by atoms with Gasteiger partial charge in [0.2, 0.25) is 0 Å². The van der Waals surface area contributed by atoms with E-state index >= 15 is 0 Å². The molecule has 30 heavy (non-hydrogen) atoms. The van der Waals surface area contributed by atoms with Crippen molar-refractivity contribution in [3.05, 3.63) is 69.0 Å². The van der Waals surface area contributed by atoms with Gasteiger partial charge in [-0.1, -0.05) is 41.7 Å². The number of nitro groups is 1. The first-order valence-corrected chi connectivity index (χ1v) is 11.5. The van der Waals surface area contributed by atoms with E-state index in [1.807, 2.05) is 0 Å². The van der Waals surface area contributed by atoms with Gasteiger partial charge in [-0.05, 0) is 11.6 Å². The van der Waals surface area contributed by atoms with E-state index in [0.717, 1.165) is 11.3 Å². The predicted molar refractivity (Wildman–Crippen MR) is 113 cm³/mol. The second-order valence-electron chi connectivity index (χ2n) is 6.46. The molecular formula is C19H19N3O6S2. The Hall–Kier alpha value is -2.89. The molecule has 9 nitrogen and oxygen atoms in total. The molecule has 0 fully saturated rings. The molecule has 158 valence electrons. The van der Waals surface area contributed by atoms with Crippen LogP contribution >= 0.6 is 11.3 Å². The van der Waals surface area contributed by atoms with Gasteiger partial charge in [-0.2, -0.15) is 4.99 Å². The highest BCUT2D eigenvalue weighted by atomic mass is 32.2. The average molecular weight is 450 g/mol. The fourth-order valence-electron chi connectivity index (χ4n) is 2.87. The number of nitro benzene ring substituents is 1. The number of methoxy groups -OCH3 is 1. The lowest BCUT2D eigenvalue weighted by atomic mass is 10.2. The van der Waals surface area contributed by atoms with E-state index in [9.17, 15) is 23.3 Å². The zero-order valence-corrected chi connectivity index (χ0v) is 17.7. The van der Waals surface area contributed by atoms with Crippen LogP contribution in [0.5, 0.6) is 0 Å². The molecule has 1 amide bonds. The molecule has 0 radical (unpaired) electrons. The summed E-state index contributed by atoms with van der Waals surface area (Å²) in [6.45, 7) is 0.688. The van der Waals surface area contributed by atoms with Crippen LogP contribution in [0.1, 0.15) is 5.56 Å². The Balaban J connectivity index is 1.93. The second-order valence-corrected chi connectivity index (χ2v) is 9.54. The van der Waals surface area contributed by atoms with E-state index in [0.29, 0.717) is 28.9 Å². The summed E-state index contributed by atoms with van der Waals surface area (Å²) in [5.41, 5.74) is 1.17. The predicted octanol–water partition coefficient (Wildman–Crippen LogP) is 2.30. The fourth-order valence-corrected chi connectivity index (χ4v) is 5.22. The minimum atomic E-state index is -3.69. The second kappa shape index (κ2) is 9.28. The van der Waals surface area contributed by atoms with Gasteiger partial charge >= 0.3 is 0 Å². The Bertz CT molecular complexity index is 1250. The molecule has 1 aromatic heterocycles. The maximum Gasteiger partial charge on any atom is 0.270 e. The molecule has 0 saturated carbocycles. The number of non-ortho nitro benzene ring substituents is 1. The van der Waals surface area contributed by atoms with E-state index in [2.05, 4.69) is 4.99 Å². The minimum absolute atomic E-state index is 0.0778. The molecule has 1 heterocycles. The molecule has 0 aliphatic rings. The van der Waals surface area contributed by atoms with Gasteiger partial charge in [0.1, 0.15) is 5.75 Å². The number of hydrogen-bond acceptors (Lipinski definition) is 7. The number of hydrogen-bond donors (Lipinski definition) is 0. The summed E-state index contributed by atoms with van der Waals surface area (Å²) >= 11 is 1.08. The van der Waals surface area contributed by atoms with Crippen molar-refractivity contribution in [3.8, 4) is 0 Å². The summed E-state index contributed by atoms with van der Waals surface area (Å²) in [7, 11) is -2.17. The lowest BCUT2D eigenvalue weighted by molar-refractivity contribution is -0.384. The number of nitrogens with zero attached hydrogens (tertiary/aromatic N) is 3. The van der Waals surface area contributed by atoms with Crippen molar-refractivity contribution >= 4 is 43.0 Å². The van der Waals surface area contributed by atoms with Crippen molar-refractivity contribution in [1.29, 1.82) is 0 Å². The molecule has 0 unspecified atom stereocenters. The van der Waals surface area contributed by atoms with Crippen molar-refractivity contribution in [3.63, 3.8) is 0 Å². The number of benzene rings is 2. The first-order valence-electron chi connectivity index (χ1n) is 8.88. The molecular weight excluding hydrogens is 430 g/mol. The van der Waals surface area contributed by atoms with Crippen LogP contribution in [0.4, 0.5) is 5.69 Å². The van der Waals surface area contributed by atoms with Gasteiger partial charge in [0.05, 0.1) is 27.5 Å². The Morgan fingerprint density at radius 1 is 1.23 bits per heavy atom. The standard InChI is InChI=1S/C19H19N3O6S2/c1-28-10-9-21-16-8-7-15(22(24)25)11-17(16)29-19(21)20-18(23)13-30(26,27)12-14-5-3-2-4-6-14/h2-8,11H,9-10,12-13H2,1H3. The highest BCUT2D eigenvalue weighted by molar-refractivity contribution is 7.91. The van der Waals surface area contributed by atoms with Crippen LogP contribution in [-0.4, -0.2) is 43.3 Å². The molecule has 2 aromatic carbocycles. The quantitative estimate of drug-likeness (QED) is 0.384. The number of fused-ring (bicyclic) bond motifs is 1. The molecule has 0 aliphatic heterocycles. The Morgan fingerprint density at radius 2 is 1.97 bits per heavy atom. The largest absolute Gasteiger partial charge is 0.383 e. The summed E-state index contributed by atoms with van der Waals surface area (Å²) in [5.74, 6) is -1.77. The SMILES string of the molecule is COCCn1c(=NC(=O)CS(=O)(=O)Cc2ccccc2)sc2cc([N+](=O)[O-])ccc21. The number of rotatable bonds is 8. The maximum absolute atomic E-state index is 12.4. The van der Waals surface area contributed by atoms with Crippen molar-refractivity contribution in [2.75, 3.05) is 19.5 Å². The van der Waals surface area contributed by atoms with Crippen LogP contribution in [-0.2, 0) is 31.7 Å². The van der Waals surface area contributed by atoms with Gasteiger partial charge in [-0.25, -0.2) is 8.42 Å². The van der Waals surface area contributed by atoms with Crippen LogP contribution in [0.2, 0.25) is 0 Å². The zero-order valence-electron chi connectivity index (χ0n) is 16.1. The number of carbonyl (C=O) groups excluding carboxylic acids is 1. The van der Waals surface area contributed by atoms with E-state index in [4.69, 9.17) is 4.74 Å².